The smallest absolute Gasteiger partial charge is 0.0250 e. The average Bonchev–Trinajstić information content (AvgIpc) is 2.99. The molecule has 0 bridgehead atoms. The van der Waals surface area contributed by atoms with E-state index in [4.69, 9.17) is 5.73 Å². The minimum Gasteiger partial charge on any atom is -0.326 e. The van der Waals surface area contributed by atoms with E-state index in [0.717, 1.165) is 6.04 Å². The van der Waals surface area contributed by atoms with Gasteiger partial charge in [0.2, 0.25) is 0 Å². The molecule has 2 saturated carbocycles. The van der Waals surface area contributed by atoms with Crippen molar-refractivity contribution in [2.24, 2.45) is 5.73 Å². The van der Waals surface area contributed by atoms with Gasteiger partial charge in [-0.2, -0.15) is 0 Å². The Morgan fingerprint density at radius 3 is 2.43 bits per heavy atom. The summed E-state index contributed by atoms with van der Waals surface area (Å²) in [5.41, 5.74) is 6.23. The second kappa shape index (κ2) is 4.63. The Morgan fingerprint density at radius 1 is 1.14 bits per heavy atom. The van der Waals surface area contributed by atoms with Crippen molar-refractivity contribution in [1.29, 1.82) is 0 Å². The molecule has 14 heavy (non-hydrogen) atoms. The van der Waals surface area contributed by atoms with Crippen LogP contribution in [0.25, 0.3) is 0 Å². The molecule has 82 valence electrons. The Kier molecular flexibility index (Phi) is 3.45. The van der Waals surface area contributed by atoms with Crippen LogP contribution in [0, 0.1) is 0 Å². The molecule has 0 aromatic carbocycles. The summed E-state index contributed by atoms with van der Waals surface area (Å²) in [7, 11) is 0. The number of nitrogens with two attached hydrogens (primary N) is 1. The van der Waals surface area contributed by atoms with E-state index in [1.54, 1.807) is 0 Å². The van der Waals surface area contributed by atoms with Gasteiger partial charge in [-0.25, -0.2) is 0 Å². The second-order valence-electron chi connectivity index (χ2n) is 4.98. The van der Waals surface area contributed by atoms with Crippen LogP contribution in [0.2, 0.25) is 0 Å². The number of rotatable bonds is 4. The van der Waals surface area contributed by atoms with Crippen molar-refractivity contribution in [3.8, 4) is 0 Å². The van der Waals surface area contributed by atoms with Crippen molar-refractivity contribution in [2.75, 3.05) is 6.54 Å². The zero-order chi connectivity index (χ0) is 9.97. The standard InChI is InChI=1S/C12H24N2/c1-2-9-14(10-7-8-10)12-6-4-3-5-11(12)13/h10-12H,2-9,13H2,1H3. The van der Waals surface area contributed by atoms with E-state index in [9.17, 15) is 0 Å². The Hall–Kier alpha value is -0.0800. The van der Waals surface area contributed by atoms with Gasteiger partial charge in [0.25, 0.3) is 0 Å². The number of nitrogens with zero attached hydrogens (tertiary/aromatic N) is 1. The molecule has 0 heterocycles. The van der Waals surface area contributed by atoms with Crippen molar-refractivity contribution in [2.45, 2.75) is 70.0 Å². The van der Waals surface area contributed by atoms with E-state index in [1.807, 2.05) is 0 Å². The Morgan fingerprint density at radius 2 is 1.86 bits per heavy atom. The van der Waals surface area contributed by atoms with Crippen molar-refractivity contribution < 1.29 is 0 Å². The first kappa shape index (κ1) is 10.4. The summed E-state index contributed by atoms with van der Waals surface area (Å²) in [6, 6.07) is 2.05. The fraction of sp³-hybridized carbons (Fsp3) is 1.00. The van der Waals surface area contributed by atoms with Crippen molar-refractivity contribution in [3.63, 3.8) is 0 Å². The highest BCUT2D eigenvalue weighted by atomic mass is 15.2. The van der Waals surface area contributed by atoms with Gasteiger partial charge >= 0.3 is 0 Å². The zero-order valence-electron chi connectivity index (χ0n) is 9.41. The molecule has 2 nitrogen and oxygen atoms in total. The molecule has 2 rings (SSSR count). The molecule has 0 aliphatic heterocycles. The molecule has 2 aliphatic carbocycles. The van der Waals surface area contributed by atoms with Crippen LogP contribution in [0.5, 0.6) is 0 Å². The molecule has 2 aliphatic rings. The third-order valence-electron chi connectivity index (χ3n) is 3.71. The van der Waals surface area contributed by atoms with E-state index in [-0.39, 0.29) is 0 Å². The molecule has 0 radical (unpaired) electrons. The molecular weight excluding hydrogens is 172 g/mol. The molecule has 2 atom stereocenters. The molecule has 2 unspecified atom stereocenters. The van der Waals surface area contributed by atoms with Crippen LogP contribution in [0.15, 0.2) is 0 Å². The van der Waals surface area contributed by atoms with E-state index in [2.05, 4.69) is 11.8 Å². The Labute approximate surface area is 87.8 Å². The van der Waals surface area contributed by atoms with Crippen molar-refractivity contribution in [1.82, 2.24) is 4.90 Å². The molecule has 0 saturated heterocycles. The lowest BCUT2D eigenvalue weighted by molar-refractivity contribution is 0.129. The zero-order valence-corrected chi connectivity index (χ0v) is 9.41. The first-order valence-electron chi connectivity index (χ1n) is 6.34. The minimum absolute atomic E-state index is 0.455. The van der Waals surface area contributed by atoms with Crippen LogP contribution in [0.1, 0.15) is 51.9 Å². The van der Waals surface area contributed by atoms with Gasteiger partial charge in [0, 0.05) is 18.1 Å². The highest BCUT2D eigenvalue weighted by Gasteiger charge is 2.36. The maximum atomic E-state index is 6.23. The first-order valence-corrected chi connectivity index (χ1v) is 6.34. The molecule has 0 spiro atoms. The molecular formula is C12H24N2. The molecule has 2 fully saturated rings. The molecule has 0 aromatic heterocycles. The third kappa shape index (κ3) is 2.29. The summed E-state index contributed by atoms with van der Waals surface area (Å²) in [5, 5.41) is 0. The van der Waals surface area contributed by atoms with Crippen LogP contribution in [-0.4, -0.2) is 29.6 Å². The summed E-state index contributed by atoms with van der Waals surface area (Å²) in [6.45, 7) is 3.55. The van der Waals surface area contributed by atoms with Gasteiger partial charge in [-0.1, -0.05) is 19.8 Å². The maximum absolute atomic E-state index is 6.23. The minimum atomic E-state index is 0.455. The highest BCUT2D eigenvalue weighted by molar-refractivity contribution is 4.94. The Bertz CT molecular complexity index is 175. The van der Waals surface area contributed by atoms with Crippen LogP contribution < -0.4 is 5.73 Å². The van der Waals surface area contributed by atoms with Crippen LogP contribution in [0.4, 0.5) is 0 Å². The number of hydrogen-bond acceptors (Lipinski definition) is 2. The van der Waals surface area contributed by atoms with E-state index in [0.29, 0.717) is 12.1 Å². The van der Waals surface area contributed by atoms with Gasteiger partial charge < -0.3 is 5.73 Å². The molecule has 2 heteroatoms. The lowest BCUT2D eigenvalue weighted by Gasteiger charge is -2.38. The van der Waals surface area contributed by atoms with Gasteiger partial charge in [0.1, 0.15) is 0 Å². The summed E-state index contributed by atoms with van der Waals surface area (Å²) in [4.78, 5) is 2.71. The maximum Gasteiger partial charge on any atom is 0.0250 e. The second-order valence-corrected chi connectivity index (χ2v) is 4.98. The van der Waals surface area contributed by atoms with Gasteiger partial charge in [0.15, 0.2) is 0 Å². The fourth-order valence-corrected chi connectivity index (χ4v) is 2.84. The van der Waals surface area contributed by atoms with Gasteiger partial charge in [0.05, 0.1) is 0 Å². The van der Waals surface area contributed by atoms with Gasteiger partial charge in [-0.05, 0) is 38.6 Å². The summed E-state index contributed by atoms with van der Waals surface area (Å²) >= 11 is 0. The number of hydrogen-bond donors (Lipinski definition) is 1. The monoisotopic (exact) mass is 196 g/mol. The van der Waals surface area contributed by atoms with Crippen molar-refractivity contribution >= 4 is 0 Å². The fourth-order valence-electron chi connectivity index (χ4n) is 2.84. The van der Waals surface area contributed by atoms with E-state index < -0.39 is 0 Å². The largest absolute Gasteiger partial charge is 0.326 e. The Balaban J connectivity index is 1.93. The first-order chi connectivity index (χ1) is 6.83. The van der Waals surface area contributed by atoms with Crippen LogP contribution in [-0.2, 0) is 0 Å². The van der Waals surface area contributed by atoms with Crippen LogP contribution in [0.3, 0.4) is 0 Å². The predicted molar refractivity (Wildman–Crippen MR) is 60.3 cm³/mol. The van der Waals surface area contributed by atoms with Gasteiger partial charge in [-0.15, -0.1) is 0 Å². The topological polar surface area (TPSA) is 29.3 Å². The average molecular weight is 196 g/mol. The quantitative estimate of drug-likeness (QED) is 0.746. The molecule has 0 amide bonds. The molecule has 2 N–H and O–H groups in total. The predicted octanol–water partition coefficient (Wildman–Crippen LogP) is 2.13. The van der Waals surface area contributed by atoms with Crippen molar-refractivity contribution in [3.05, 3.63) is 0 Å². The summed E-state index contributed by atoms with van der Waals surface area (Å²) in [5.74, 6) is 0. The lowest BCUT2D eigenvalue weighted by atomic mass is 9.89. The molecule has 0 aromatic rings. The van der Waals surface area contributed by atoms with E-state index >= 15 is 0 Å². The third-order valence-corrected chi connectivity index (χ3v) is 3.71. The highest BCUT2D eigenvalue weighted by Crippen LogP contribution is 2.33. The van der Waals surface area contributed by atoms with Gasteiger partial charge in [-0.3, -0.25) is 4.90 Å². The van der Waals surface area contributed by atoms with E-state index in [1.165, 1.54) is 51.5 Å². The summed E-state index contributed by atoms with van der Waals surface area (Å²) in [6.07, 6.45) is 9.45. The normalized spacial score (nSPS) is 33.6. The SMILES string of the molecule is CCCN(C1CC1)C1CCCCC1N. The summed E-state index contributed by atoms with van der Waals surface area (Å²) < 4.78 is 0. The van der Waals surface area contributed by atoms with Crippen LogP contribution >= 0.6 is 0 Å². The lowest BCUT2D eigenvalue weighted by Crippen LogP contribution is -2.50.